The fraction of sp³-hybridized carbons (Fsp3) is 0.200. The highest BCUT2D eigenvalue weighted by atomic mass is 16.3. The summed E-state index contributed by atoms with van der Waals surface area (Å²) in [5, 5.41) is 0. The zero-order chi connectivity index (χ0) is 9.97. The molecule has 0 spiro atoms. The predicted octanol–water partition coefficient (Wildman–Crippen LogP) is 2.45. The van der Waals surface area contributed by atoms with Crippen LogP contribution in [0.2, 0.25) is 0 Å². The minimum absolute atomic E-state index is 0.733. The molecule has 2 rings (SSSR count). The van der Waals surface area contributed by atoms with Crippen LogP contribution in [-0.2, 0) is 0 Å². The number of aryl methyl sites for hydroxylation is 1. The number of imidazole rings is 1. The van der Waals surface area contributed by atoms with Gasteiger partial charge >= 0.3 is 0 Å². The van der Waals surface area contributed by atoms with E-state index in [0.717, 1.165) is 23.1 Å². The lowest BCUT2D eigenvalue weighted by Crippen LogP contribution is -1.90. The van der Waals surface area contributed by atoms with Crippen molar-refractivity contribution in [1.82, 2.24) is 9.97 Å². The van der Waals surface area contributed by atoms with E-state index in [-0.39, 0.29) is 0 Å². The summed E-state index contributed by atoms with van der Waals surface area (Å²) in [5.74, 6) is 2.41. The summed E-state index contributed by atoms with van der Waals surface area (Å²) < 4.78 is 5.43. The van der Waals surface area contributed by atoms with Gasteiger partial charge in [0.15, 0.2) is 0 Å². The van der Waals surface area contributed by atoms with Gasteiger partial charge in [-0.1, -0.05) is 0 Å². The summed E-state index contributed by atoms with van der Waals surface area (Å²) in [6.07, 6.45) is 3.26. The molecule has 0 radical (unpaired) electrons. The highest BCUT2D eigenvalue weighted by Crippen LogP contribution is 2.11. The lowest BCUT2D eigenvalue weighted by molar-refractivity contribution is 0.525. The number of H-pyrrole nitrogens is 1. The number of hydrogen-bond donors (Lipinski definition) is 1. The highest BCUT2D eigenvalue weighted by molar-refractivity contribution is 5.97. The van der Waals surface area contributed by atoms with Gasteiger partial charge in [-0.25, -0.2) is 9.98 Å². The van der Waals surface area contributed by atoms with Gasteiger partial charge in [0.05, 0.1) is 18.2 Å². The van der Waals surface area contributed by atoms with Crippen molar-refractivity contribution in [2.45, 2.75) is 13.8 Å². The van der Waals surface area contributed by atoms with Crippen molar-refractivity contribution in [2.24, 2.45) is 4.99 Å². The second-order valence-corrected chi connectivity index (χ2v) is 3.04. The Morgan fingerprint density at radius 1 is 1.50 bits per heavy atom. The van der Waals surface area contributed by atoms with Gasteiger partial charge in [-0.05, 0) is 26.0 Å². The summed E-state index contributed by atoms with van der Waals surface area (Å²) in [5.41, 5.74) is 0.836. The molecule has 0 aliphatic heterocycles. The molecule has 0 aromatic carbocycles. The first-order valence-electron chi connectivity index (χ1n) is 4.36. The number of furan rings is 1. The third kappa shape index (κ3) is 1.74. The smallest absolute Gasteiger partial charge is 0.150 e. The van der Waals surface area contributed by atoms with Crippen LogP contribution >= 0.6 is 0 Å². The standard InChI is InChI=1S/C10H11N3O/c1-7-3-4-9(14-7)8(2)13-10-5-11-6-12-10/h3-6H,1-2H3,(H,11,12)/b13-8+. The first-order chi connectivity index (χ1) is 6.75. The van der Waals surface area contributed by atoms with Gasteiger partial charge in [-0.15, -0.1) is 0 Å². The maximum absolute atomic E-state index is 5.43. The van der Waals surface area contributed by atoms with Crippen molar-refractivity contribution in [2.75, 3.05) is 0 Å². The van der Waals surface area contributed by atoms with Crippen molar-refractivity contribution in [3.05, 3.63) is 36.2 Å². The lowest BCUT2D eigenvalue weighted by atomic mass is 10.3. The van der Waals surface area contributed by atoms with Crippen LogP contribution in [0, 0.1) is 6.92 Å². The van der Waals surface area contributed by atoms with Crippen molar-refractivity contribution in [3.63, 3.8) is 0 Å². The second kappa shape index (κ2) is 3.49. The van der Waals surface area contributed by atoms with Crippen molar-refractivity contribution in [1.29, 1.82) is 0 Å². The molecule has 0 saturated carbocycles. The topological polar surface area (TPSA) is 54.2 Å². The largest absolute Gasteiger partial charge is 0.460 e. The van der Waals surface area contributed by atoms with Crippen LogP contribution in [0.3, 0.4) is 0 Å². The Morgan fingerprint density at radius 2 is 2.36 bits per heavy atom. The first-order valence-corrected chi connectivity index (χ1v) is 4.36. The highest BCUT2D eigenvalue weighted by Gasteiger charge is 2.02. The fourth-order valence-corrected chi connectivity index (χ4v) is 1.17. The molecule has 0 bridgehead atoms. The van der Waals surface area contributed by atoms with Gasteiger partial charge < -0.3 is 9.40 Å². The number of nitrogens with zero attached hydrogens (tertiary/aromatic N) is 2. The van der Waals surface area contributed by atoms with E-state index >= 15 is 0 Å². The van der Waals surface area contributed by atoms with Gasteiger partial charge in [-0.3, -0.25) is 0 Å². The molecule has 1 N–H and O–H groups in total. The molecule has 0 amide bonds. The molecule has 2 aromatic rings. The summed E-state index contributed by atoms with van der Waals surface area (Å²) in [6, 6.07) is 3.83. The van der Waals surface area contributed by atoms with E-state index in [2.05, 4.69) is 15.0 Å². The van der Waals surface area contributed by atoms with Crippen molar-refractivity contribution < 1.29 is 4.42 Å². The molecule has 14 heavy (non-hydrogen) atoms. The van der Waals surface area contributed by atoms with Gasteiger partial charge in [0.1, 0.15) is 17.3 Å². The summed E-state index contributed by atoms with van der Waals surface area (Å²) >= 11 is 0. The van der Waals surface area contributed by atoms with E-state index in [9.17, 15) is 0 Å². The number of aromatic amines is 1. The maximum Gasteiger partial charge on any atom is 0.150 e. The van der Waals surface area contributed by atoms with E-state index in [4.69, 9.17) is 4.42 Å². The normalized spacial score (nSPS) is 12.0. The molecule has 0 aliphatic carbocycles. The number of aliphatic imine (C=N–C) groups is 1. The van der Waals surface area contributed by atoms with Crippen LogP contribution < -0.4 is 0 Å². The van der Waals surface area contributed by atoms with Gasteiger partial charge in [-0.2, -0.15) is 0 Å². The van der Waals surface area contributed by atoms with Crippen molar-refractivity contribution in [3.8, 4) is 0 Å². The maximum atomic E-state index is 5.43. The van der Waals surface area contributed by atoms with Crippen LogP contribution in [0.15, 0.2) is 34.1 Å². The van der Waals surface area contributed by atoms with E-state index in [1.54, 1.807) is 12.5 Å². The van der Waals surface area contributed by atoms with E-state index < -0.39 is 0 Å². The third-order valence-electron chi connectivity index (χ3n) is 1.87. The number of nitrogens with one attached hydrogen (secondary N) is 1. The minimum Gasteiger partial charge on any atom is -0.460 e. The number of aromatic nitrogens is 2. The zero-order valence-corrected chi connectivity index (χ0v) is 8.11. The lowest BCUT2D eigenvalue weighted by Gasteiger charge is -1.93. The molecular formula is C10H11N3O. The van der Waals surface area contributed by atoms with Crippen LogP contribution in [0.4, 0.5) is 5.82 Å². The zero-order valence-electron chi connectivity index (χ0n) is 8.11. The molecule has 2 heterocycles. The van der Waals surface area contributed by atoms with E-state index in [1.807, 2.05) is 26.0 Å². The van der Waals surface area contributed by atoms with Gasteiger partial charge in [0.25, 0.3) is 0 Å². The van der Waals surface area contributed by atoms with Crippen LogP contribution in [0.5, 0.6) is 0 Å². The van der Waals surface area contributed by atoms with Gasteiger partial charge in [0, 0.05) is 0 Å². The molecule has 0 aliphatic rings. The Bertz CT molecular complexity index is 440. The minimum atomic E-state index is 0.733. The average Bonchev–Trinajstić information content (AvgIpc) is 2.75. The Labute approximate surface area is 81.7 Å². The second-order valence-electron chi connectivity index (χ2n) is 3.04. The Morgan fingerprint density at radius 3 is 2.93 bits per heavy atom. The SMILES string of the molecule is C/C(=N\c1cnc[nH]1)c1ccc(C)o1. The molecule has 0 unspecified atom stereocenters. The molecule has 0 saturated heterocycles. The average molecular weight is 189 g/mol. The Balaban J connectivity index is 2.28. The molecule has 4 nitrogen and oxygen atoms in total. The van der Waals surface area contributed by atoms with E-state index in [1.165, 1.54) is 0 Å². The summed E-state index contributed by atoms with van der Waals surface area (Å²) in [6.45, 7) is 3.81. The van der Waals surface area contributed by atoms with Crippen LogP contribution in [0.25, 0.3) is 0 Å². The van der Waals surface area contributed by atoms with E-state index in [0.29, 0.717) is 0 Å². The molecule has 0 atom stereocenters. The molecule has 0 fully saturated rings. The Kier molecular flexibility index (Phi) is 2.18. The summed E-state index contributed by atoms with van der Waals surface area (Å²) in [4.78, 5) is 11.1. The molecule has 4 heteroatoms. The fourth-order valence-electron chi connectivity index (χ4n) is 1.17. The summed E-state index contributed by atoms with van der Waals surface area (Å²) in [7, 11) is 0. The van der Waals surface area contributed by atoms with Crippen LogP contribution in [0.1, 0.15) is 18.4 Å². The van der Waals surface area contributed by atoms with Crippen LogP contribution in [-0.4, -0.2) is 15.7 Å². The van der Waals surface area contributed by atoms with Gasteiger partial charge in [0.2, 0.25) is 0 Å². The third-order valence-corrected chi connectivity index (χ3v) is 1.87. The molecule has 72 valence electrons. The first kappa shape index (κ1) is 8.74. The number of rotatable bonds is 2. The monoisotopic (exact) mass is 189 g/mol. The molecule has 2 aromatic heterocycles. The molecular weight excluding hydrogens is 178 g/mol. The predicted molar refractivity (Wildman–Crippen MR) is 53.9 cm³/mol. The Hall–Kier alpha value is -1.84. The number of hydrogen-bond acceptors (Lipinski definition) is 3. The quantitative estimate of drug-likeness (QED) is 0.738. The van der Waals surface area contributed by atoms with Crippen molar-refractivity contribution >= 4 is 11.5 Å².